The Bertz CT molecular complexity index is 127. The summed E-state index contributed by atoms with van der Waals surface area (Å²) in [7, 11) is 4.76. The molecule has 0 bridgehead atoms. The Labute approximate surface area is 80.3 Å². The van der Waals surface area contributed by atoms with Gasteiger partial charge in [0.25, 0.3) is 0 Å². The Morgan fingerprint density at radius 1 is 1.23 bits per heavy atom. The molecule has 13 heavy (non-hydrogen) atoms. The molecule has 0 heterocycles. The van der Waals surface area contributed by atoms with Crippen molar-refractivity contribution in [3.63, 3.8) is 0 Å². The highest BCUT2D eigenvalue weighted by Crippen LogP contribution is 1.98. The highest BCUT2D eigenvalue weighted by Gasteiger charge is 1.92. The van der Waals surface area contributed by atoms with Crippen LogP contribution in [0.15, 0.2) is 0 Å². The summed E-state index contributed by atoms with van der Waals surface area (Å²) < 4.78 is 8.91. The van der Waals surface area contributed by atoms with E-state index in [1.807, 2.05) is 0 Å². The zero-order valence-corrected chi connectivity index (χ0v) is 8.72. The Morgan fingerprint density at radius 2 is 1.77 bits per heavy atom. The van der Waals surface area contributed by atoms with Crippen LogP contribution in [-0.4, -0.2) is 33.4 Å². The van der Waals surface area contributed by atoms with E-state index in [2.05, 4.69) is 9.47 Å². The second kappa shape index (κ2) is 13.7. The van der Waals surface area contributed by atoms with Gasteiger partial charge in [-0.25, -0.2) is 0 Å². The molecule has 0 fully saturated rings. The van der Waals surface area contributed by atoms with E-state index in [1.165, 1.54) is 13.3 Å². The molecule has 0 aromatic rings. The summed E-state index contributed by atoms with van der Waals surface area (Å²) in [6.07, 6.45) is 4.84. The summed E-state index contributed by atoms with van der Waals surface area (Å²) in [6, 6.07) is 0. The van der Waals surface area contributed by atoms with Crippen LogP contribution in [0.4, 0.5) is 0 Å². The molecular weight excluding hydrogens is 168 g/mol. The van der Waals surface area contributed by atoms with E-state index in [1.54, 1.807) is 14.2 Å². The molecule has 0 unspecified atom stereocenters. The lowest BCUT2D eigenvalue weighted by atomic mass is 10.2. The quantitative estimate of drug-likeness (QED) is 0.394. The number of unbranched alkanes of at least 4 members (excludes halogenated alkanes) is 2. The van der Waals surface area contributed by atoms with Gasteiger partial charge >= 0.3 is 0 Å². The molecule has 0 aliphatic heterocycles. The van der Waals surface area contributed by atoms with Crippen molar-refractivity contribution in [3.05, 3.63) is 0 Å². The van der Waals surface area contributed by atoms with Crippen molar-refractivity contribution in [1.29, 1.82) is 10.8 Å². The van der Waals surface area contributed by atoms with Crippen molar-refractivity contribution < 1.29 is 9.47 Å². The monoisotopic (exact) mass is 188 g/mol. The molecule has 0 radical (unpaired) electrons. The van der Waals surface area contributed by atoms with Crippen molar-refractivity contribution in [3.8, 4) is 0 Å². The summed E-state index contributed by atoms with van der Waals surface area (Å²) >= 11 is 0. The van der Waals surface area contributed by atoms with E-state index < -0.39 is 0 Å². The van der Waals surface area contributed by atoms with Crippen LogP contribution in [0.25, 0.3) is 0 Å². The normalized spacial score (nSPS) is 8.23. The third-order valence-corrected chi connectivity index (χ3v) is 1.25. The smallest absolute Gasteiger partial charge is 0.180 e. The molecule has 4 nitrogen and oxygen atoms in total. The molecule has 0 rings (SSSR count). The molecular formula is C9H20N2O2. The predicted octanol–water partition coefficient (Wildman–Crippen LogP) is 2.08. The fourth-order valence-corrected chi connectivity index (χ4v) is 0.634. The molecule has 0 aliphatic carbocycles. The minimum atomic E-state index is 0.338. The molecule has 0 aromatic carbocycles. The van der Waals surface area contributed by atoms with Crippen LogP contribution in [0.3, 0.4) is 0 Å². The predicted molar refractivity (Wildman–Crippen MR) is 54.9 cm³/mol. The number of nitrogens with one attached hydrogen (secondary N) is 2. The van der Waals surface area contributed by atoms with Crippen molar-refractivity contribution in [2.75, 3.05) is 21.3 Å². The first-order valence-electron chi connectivity index (χ1n) is 4.23. The maximum Gasteiger partial charge on any atom is 0.180 e. The van der Waals surface area contributed by atoms with E-state index in [-0.39, 0.29) is 0 Å². The summed E-state index contributed by atoms with van der Waals surface area (Å²) in [5.74, 6) is 0.338. The van der Waals surface area contributed by atoms with Crippen LogP contribution in [0.5, 0.6) is 0 Å². The maximum absolute atomic E-state index is 7.09. The third kappa shape index (κ3) is 18.2. The zero-order chi connectivity index (χ0) is 10.5. The van der Waals surface area contributed by atoms with Gasteiger partial charge in [-0.05, 0) is 25.5 Å². The summed E-state index contributed by atoms with van der Waals surface area (Å²) in [5, 5.41) is 13.8. The van der Waals surface area contributed by atoms with E-state index >= 15 is 0 Å². The van der Waals surface area contributed by atoms with Crippen LogP contribution in [0.1, 0.15) is 25.7 Å². The van der Waals surface area contributed by atoms with E-state index in [9.17, 15) is 0 Å². The van der Waals surface area contributed by atoms with Crippen LogP contribution in [-0.2, 0) is 9.47 Å². The molecule has 4 heteroatoms. The second-order valence-corrected chi connectivity index (χ2v) is 2.49. The Kier molecular flexibility index (Phi) is 15.4. The summed E-state index contributed by atoms with van der Waals surface area (Å²) in [5.41, 5.74) is 0. The van der Waals surface area contributed by atoms with Crippen molar-refractivity contribution in [1.82, 2.24) is 0 Å². The molecule has 78 valence electrons. The lowest BCUT2D eigenvalue weighted by Crippen LogP contribution is -1.97. The largest absolute Gasteiger partial charge is 0.484 e. The molecule has 0 saturated heterocycles. The van der Waals surface area contributed by atoms with Gasteiger partial charge in [-0.2, -0.15) is 0 Å². The first-order valence-corrected chi connectivity index (χ1v) is 4.23. The van der Waals surface area contributed by atoms with Gasteiger partial charge in [0.1, 0.15) is 0 Å². The molecule has 2 N–H and O–H groups in total. The number of rotatable bonds is 5. The van der Waals surface area contributed by atoms with Crippen LogP contribution in [0.2, 0.25) is 0 Å². The molecule has 0 aromatic heterocycles. The van der Waals surface area contributed by atoms with Gasteiger partial charge in [0.2, 0.25) is 0 Å². The molecule has 0 saturated carbocycles. The molecule has 0 atom stereocenters. The SMILES string of the molecule is COC.COC(=N)CCCCC=N. The maximum atomic E-state index is 7.09. The van der Waals surface area contributed by atoms with Gasteiger partial charge < -0.3 is 14.9 Å². The lowest BCUT2D eigenvalue weighted by Gasteiger charge is -1.99. The van der Waals surface area contributed by atoms with Gasteiger partial charge in [-0.3, -0.25) is 5.41 Å². The summed E-state index contributed by atoms with van der Waals surface area (Å²) in [4.78, 5) is 0. The summed E-state index contributed by atoms with van der Waals surface area (Å²) in [6.45, 7) is 0. The standard InChI is InChI=1S/C7H14N2O.C2H6O/c1-10-7(9)5-3-2-4-6-8;1-3-2/h6,8-9H,2-5H2,1H3;1-2H3. The van der Waals surface area contributed by atoms with Gasteiger partial charge in [0.05, 0.1) is 7.11 Å². The first kappa shape index (κ1) is 14.6. The Morgan fingerprint density at radius 3 is 2.15 bits per heavy atom. The van der Waals surface area contributed by atoms with E-state index in [4.69, 9.17) is 10.8 Å². The Balaban J connectivity index is 0. The third-order valence-electron chi connectivity index (χ3n) is 1.25. The zero-order valence-electron chi connectivity index (χ0n) is 8.72. The number of hydrogen-bond donors (Lipinski definition) is 2. The van der Waals surface area contributed by atoms with Crippen LogP contribution < -0.4 is 0 Å². The second-order valence-electron chi connectivity index (χ2n) is 2.49. The first-order chi connectivity index (χ1) is 6.22. The fourth-order valence-electron chi connectivity index (χ4n) is 0.634. The molecule has 0 aliphatic rings. The van der Waals surface area contributed by atoms with Gasteiger partial charge in [-0.1, -0.05) is 0 Å². The van der Waals surface area contributed by atoms with Crippen LogP contribution >= 0.6 is 0 Å². The highest BCUT2D eigenvalue weighted by atomic mass is 16.5. The van der Waals surface area contributed by atoms with Crippen molar-refractivity contribution >= 4 is 12.1 Å². The number of ether oxygens (including phenoxy) is 2. The van der Waals surface area contributed by atoms with Crippen molar-refractivity contribution in [2.24, 2.45) is 0 Å². The highest BCUT2D eigenvalue weighted by molar-refractivity contribution is 5.72. The van der Waals surface area contributed by atoms with Gasteiger partial charge in [0.15, 0.2) is 5.90 Å². The molecule has 0 amide bonds. The van der Waals surface area contributed by atoms with E-state index in [0.717, 1.165) is 19.3 Å². The Hall–Kier alpha value is -0.900. The minimum absolute atomic E-state index is 0.338. The lowest BCUT2D eigenvalue weighted by molar-refractivity contribution is 0.277. The van der Waals surface area contributed by atoms with E-state index in [0.29, 0.717) is 12.3 Å². The number of hydrogen-bond acceptors (Lipinski definition) is 4. The van der Waals surface area contributed by atoms with Crippen LogP contribution in [0, 0.1) is 10.8 Å². The minimum Gasteiger partial charge on any atom is -0.484 e. The molecule has 0 spiro atoms. The van der Waals surface area contributed by atoms with Gasteiger partial charge in [-0.15, -0.1) is 0 Å². The van der Waals surface area contributed by atoms with Gasteiger partial charge in [0, 0.05) is 20.6 Å². The number of methoxy groups -OCH3 is 2. The average Bonchev–Trinajstić information content (AvgIpc) is 2.13. The fraction of sp³-hybridized carbons (Fsp3) is 0.778. The average molecular weight is 188 g/mol. The van der Waals surface area contributed by atoms with Crippen molar-refractivity contribution in [2.45, 2.75) is 25.7 Å². The topological polar surface area (TPSA) is 66.2 Å².